The molecule has 1 aliphatic heterocycles. The Bertz CT molecular complexity index is 115. The zero-order valence-electron chi connectivity index (χ0n) is 8.41. The first-order chi connectivity index (χ1) is 5.00. The zero-order valence-corrected chi connectivity index (χ0v) is 10.5. The van der Waals surface area contributed by atoms with Gasteiger partial charge in [-0.2, -0.15) is 0 Å². The van der Waals surface area contributed by atoms with Gasteiger partial charge in [0.1, 0.15) is 0 Å². The summed E-state index contributed by atoms with van der Waals surface area (Å²) in [5.41, 5.74) is 0. The van der Waals surface area contributed by atoms with Gasteiger partial charge in [0.2, 0.25) is 0 Å². The van der Waals surface area contributed by atoms with Gasteiger partial charge < -0.3 is 0 Å². The zero-order chi connectivity index (χ0) is 8.48. The third kappa shape index (κ3) is 2.81. The van der Waals surface area contributed by atoms with Crippen molar-refractivity contribution < 1.29 is 0 Å². The molecule has 0 unspecified atom stereocenters. The van der Waals surface area contributed by atoms with Crippen LogP contribution in [0.1, 0.15) is 40.5 Å². The van der Waals surface area contributed by atoms with Gasteiger partial charge in [0.05, 0.1) is 0 Å². The molecule has 1 heteroatoms. The Labute approximate surface area is 75.9 Å². The van der Waals surface area contributed by atoms with Crippen LogP contribution >= 0.6 is 0 Å². The second-order valence-corrected chi connectivity index (χ2v) is 12.8. The fourth-order valence-electron chi connectivity index (χ4n) is 1.86. The Morgan fingerprint density at radius 1 is 1.09 bits per heavy atom. The average Bonchev–Trinajstić information content (AvgIpc) is 1.86. The van der Waals surface area contributed by atoms with E-state index in [0.29, 0.717) is 0 Å². The summed E-state index contributed by atoms with van der Waals surface area (Å²) < 4.78 is 0.722. The summed E-state index contributed by atoms with van der Waals surface area (Å²) in [7, 11) is 0. The summed E-state index contributed by atoms with van der Waals surface area (Å²) in [5, 5.41) is 3.26. The van der Waals surface area contributed by atoms with E-state index in [4.69, 9.17) is 0 Å². The molecule has 0 saturated carbocycles. The molecule has 1 rings (SSSR count). The Kier molecular flexibility index (Phi) is 3.07. The van der Waals surface area contributed by atoms with Gasteiger partial charge in [-0.1, -0.05) is 0 Å². The second kappa shape index (κ2) is 3.51. The standard InChI is InChI=1S/C10H21Ge/c1-9-5-7-11(8-6-9)10(2,3)4/h9H,5-8H2,1-4H3. The van der Waals surface area contributed by atoms with Crippen LogP contribution in [-0.4, -0.2) is 14.3 Å². The predicted octanol–water partition coefficient (Wildman–Crippen LogP) is 3.71. The van der Waals surface area contributed by atoms with Crippen molar-refractivity contribution in [3.8, 4) is 0 Å². The van der Waals surface area contributed by atoms with Gasteiger partial charge in [-0.15, -0.1) is 0 Å². The summed E-state index contributed by atoms with van der Waals surface area (Å²) in [6.07, 6.45) is 3.07. The van der Waals surface area contributed by atoms with E-state index in [2.05, 4.69) is 27.7 Å². The maximum absolute atomic E-state index is 2.46. The van der Waals surface area contributed by atoms with E-state index in [-0.39, 0.29) is 0 Å². The summed E-state index contributed by atoms with van der Waals surface area (Å²) in [6.45, 7) is 9.78. The average molecular weight is 214 g/mol. The van der Waals surface area contributed by atoms with E-state index in [1.54, 1.807) is 10.5 Å². The van der Waals surface area contributed by atoms with Gasteiger partial charge >= 0.3 is 75.6 Å². The van der Waals surface area contributed by atoms with Crippen LogP contribution in [0.25, 0.3) is 0 Å². The Hall–Kier alpha value is 0.543. The third-order valence-corrected chi connectivity index (χ3v) is 11.1. The molecule has 0 aromatic heterocycles. The van der Waals surface area contributed by atoms with Crippen molar-refractivity contribution in [2.45, 2.75) is 55.3 Å². The molecule has 0 atom stereocenters. The Morgan fingerprint density at radius 2 is 1.55 bits per heavy atom. The Morgan fingerprint density at radius 3 is 1.91 bits per heavy atom. The first kappa shape index (κ1) is 9.63. The van der Waals surface area contributed by atoms with Crippen LogP contribution in [0.3, 0.4) is 0 Å². The quantitative estimate of drug-likeness (QED) is 0.539. The molecule has 1 radical (unpaired) electrons. The van der Waals surface area contributed by atoms with E-state index in [9.17, 15) is 0 Å². The number of hydrogen-bond acceptors (Lipinski definition) is 0. The van der Waals surface area contributed by atoms with Crippen LogP contribution < -0.4 is 0 Å². The van der Waals surface area contributed by atoms with E-state index in [0.717, 1.165) is 10.2 Å². The van der Waals surface area contributed by atoms with Gasteiger partial charge in [-0.3, -0.25) is 0 Å². The van der Waals surface area contributed by atoms with Crippen molar-refractivity contribution in [3.05, 3.63) is 0 Å². The summed E-state index contributed by atoms with van der Waals surface area (Å²) >= 11 is -0.620. The predicted molar refractivity (Wildman–Crippen MR) is 53.5 cm³/mol. The van der Waals surface area contributed by atoms with Gasteiger partial charge in [0.25, 0.3) is 0 Å². The molecule has 0 aromatic rings. The van der Waals surface area contributed by atoms with E-state index in [1.807, 2.05) is 0 Å². The number of hydrogen-bond donors (Lipinski definition) is 0. The van der Waals surface area contributed by atoms with E-state index < -0.39 is 14.3 Å². The van der Waals surface area contributed by atoms with Crippen molar-refractivity contribution >= 4 is 14.3 Å². The molecule has 65 valence electrons. The van der Waals surface area contributed by atoms with E-state index >= 15 is 0 Å². The van der Waals surface area contributed by atoms with Gasteiger partial charge in [0.15, 0.2) is 0 Å². The number of rotatable bonds is 0. The molecule has 1 fully saturated rings. The molecule has 11 heavy (non-hydrogen) atoms. The minimum absolute atomic E-state index is 0.620. The van der Waals surface area contributed by atoms with Crippen molar-refractivity contribution in [3.63, 3.8) is 0 Å². The second-order valence-electron chi connectivity index (χ2n) is 5.04. The molecular formula is C10H21Ge. The molecule has 1 saturated heterocycles. The third-order valence-electron chi connectivity index (χ3n) is 2.94. The molecule has 1 aliphatic rings. The molecule has 0 spiro atoms. The fraction of sp³-hybridized carbons (Fsp3) is 1.00. The van der Waals surface area contributed by atoms with Crippen LogP contribution in [0, 0.1) is 5.92 Å². The summed E-state index contributed by atoms with van der Waals surface area (Å²) in [4.78, 5) is 0. The van der Waals surface area contributed by atoms with Gasteiger partial charge in [-0.25, -0.2) is 0 Å². The molecule has 0 aromatic carbocycles. The topological polar surface area (TPSA) is 0 Å². The molecule has 0 N–H and O–H groups in total. The van der Waals surface area contributed by atoms with Crippen molar-refractivity contribution in [2.24, 2.45) is 5.92 Å². The summed E-state index contributed by atoms with van der Waals surface area (Å²) in [6, 6.07) is 0. The van der Waals surface area contributed by atoms with Crippen molar-refractivity contribution in [1.29, 1.82) is 0 Å². The molecule has 1 heterocycles. The van der Waals surface area contributed by atoms with Crippen LogP contribution in [0.2, 0.25) is 14.8 Å². The van der Waals surface area contributed by atoms with Crippen LogP contribution in [0.15, 0.2) is 0 Å². The monoisotopic (exact) mass is 215 g/mol. The molecule has 0 nitrogen and oxygen atoms in total. The summed E-state index contributed by atoms with van der Waals surface area (Å²) in [5.74, 6) is 1.04. The van der Waals surface area contributed by atoms with Crippen molar-refractivity contribution in [1.82, 2.24) is 0 Å². The molecule has 0 aliphatic carbocycles. The van der Waals surface area contributed by atoms with Gasteiger partial charge in [0, 0.05) is 0 Å². The minimum atomic E-state index is -0.620. The first-order valence-corrected chi connectivity index (χ1v) is 8.87. The molecule has 0 bridgehead atoms. The van der Waals surface area contributed by atoms with Crippen molar-refractivity contribution in [2.75, 3.05) is 0 Å². The van der Waals surface area contributed by atoms with Crippen LogP contribution in [-0.2, 0) is 0 Å². The Balaban J connectivity index is 2.39. The normalized spacial score (nSPS) is 24.0. The van der Waals surface area contributed by atoms with Gasteiger partial charge in [-0.05, 0) is 0 Å². The van der Waals surface area contributed by atoms with E-state index in [1.165, 1.54) is 12.8 Å². The molecule has 0 amide bonds. The maximum atomic E-state index is 2.46. The first-order valence-electron chi connectivity index (χ1n) is 4.85. The molecular weight excluding hydrogens is 193 g/mol. The fourth-order valence-corrected chi connectivity index (χ4v) is 9.06. The SMILES string of the molecule is CC1C[CH2][Ge]([C](C)(C)C)[CH2]C1. The van der Waals surface area contributed by atoms with Crippen LogP contribution in [0.4, 0.5) is 0 Å². The van der Waals surface area contributed by atoms with Crippen LogP contribution in [0.5, 0.6) is 0 Å².